The van der Waals surface area contributed by atoms with E-state index in [0.717, 1.165) is 18.5 Å². The number of H-pyrrole nitrogens is 1. The maximum absolute atomic E-state index is 11.7. The summed E-state index contributed by atoms with van der Waals surface area (Å²) in [4.78, 5) is 11.7. The normalized spacial score (nSPS) is 16.3. The monoisotopic (exact) mass is 259 g/mol. The summed E-state index contributed by atoms with van der Waals surface area (Å²) in [6, 6.07) is 0. The lowest BCUT2D eigenvalue weighted by molar-refractivity contribution is 0.575. The Morgan fingerprint density at radius 3 is 2.65 bits per heavy atom. The van der Waals surface area contributed by atoms with Crippen molar-refractivity contribution in [1.82, 2.24) is 9.78 Å². The predicted octanol–water partition coefficient (Wildman–Crippen LogP) is 0.0707. The van der Waals surface area contributed by atoms with Crippen LogP contribution in [0.15, 0.2) is 4.79 Å². The molecule has 96 valence electrons. The summed E-state index contributed by atoms with van der Waals surface area (Å²) in [5, 5.41) is 2.92. The molecule has 0 saturated heterocycles. The Kier molecular flexibility index (Phi) is 3.03. The summed E-state index contributed by atoms with van der Waals surface area (Å²) < 4.78 is 24.0. The Bertz CT molecular complexity index is 566. The van der Waals surface area contributed by atoms with Crippen LogP contribution >= 0.6 is 0 Å². The third kappa shape index (κ3) is 2.54. The Balaban J connectivity index is 2.17. The van der Waals surface area contributed by atoms with Crippen molar-refractivity contribution in [3.05, 3.63) is 16.0 Å². The first-order valence-electron chi connectivity index (χ1n) is 5.73. The second-order valence-corrected chi connectivity index (χ2v) is 6.88. The van der Waals surface area contributed by atoms with E-state index < -0.39 is 9.84 Å². The fourth-order valence-corrected chi connectivity index (χ4v) is 2.48. The highest BCUT2D eigenvalue weighted by Gasteiger charge is 2.29. The van der Waals surface area contributed by atoms with E-state index in [-0.39, 0.29) is 29.3 Å². The van der Waals surface area contributed by atoms with E-state index >= 15 is 0 Å². The van der Waals surface area contributed by atoms with Gasteiger partial charge in [0.25, 0.3) is 5.56 Å². The highest BCUT2D eigenvalue weighted by molar-refractivity contribution is 7.91. The molecule has 0 unspecified atom stereocenters. The summed E-state index contributed by atoms with van der Waals surface area (Å²) in [6.45, 7) is 1.74. The van der Waals surface area contributed by atoms with Crippen LogP contribution in [0, 0.1) is 0 Å². The predicted molar refractivity (Wildman–Crippen MR) is 65.8 cm³/mol. The van der Waals surface area contributed by atoms with Crippen molar-refractivity contribution in [3.63, 3.8) is 0 Å². The van der Waals surface area contributed by atoms with Gasteiger partial charge in [0.15, 0.2) is 9.84 Å². The summed E-state index contributed by atoms with van der Waals surface area (Å²) in [6.07, 6.45) is 2.08. The van der Waals surface area contributed by atoms with Crippen LogP contribution in [0.2, 0.25) is 0 Å². The van der Waals surface area contributed by atoms with E-state index in [1.807, 2.05) is 0 Å². The van der Waals surface area contributed by atoms with Crippen LogP contribution in [-0.4, -0.2) is 29.7 Å². The molecule has 2 rings (SSSR count). The van der Waals surface area contributed by atoms with Crippen molar-refractivity contribution in [2.24, 2.45) is 0 Å². The fraction of sp³-hybridized carbons (Fsp3) is 0.700. The molecule has 1 aliphatic rings. The Hall–Kier alpha value is -1.24. The van der Waals surface area contributed by atoms with Crippen molar-refractivity contribution in [1.29, 1.82) is 0 Å². The quantitative estimate of drug-likeness (QED) is 0.781. The van der Waals surface area contributed by atoms with Crippen molar-refractivity contribution in [3.8, 4) is 0 Å². The number of nitrogens with two attached hydrogens (primary N) is 1. The molecule has 0 radical (unpaired) electrons. The van der Waals surface area contributed by atoms with E-state index in [2.05, 4.69) is 5.10 Å². The molecule has 1 saturated carbocycles. The molecule has 1 aromatic rings. The Morgan fingerprint density at radius 2 is 2.12 bits per heavy atom. The highest BCUT2D eigenvalue weighted by atomic mass is 32.2. The smallest absolute Gasteiger partial charge is 0.289 e. The molecule has 1 fully saturated rings. The van der Waals surface area contributed by atoms with Crippen molar-refractivity contribution < 1.29 is 8.42 Å². The molecule has 17 heavy (non-hydrogen) atoms. The molecule has 1 aliphatic carbocycles. The van der Waals surface area contributed by atoms with Gasteiger partial charge in [-0.15, -0.1) is 0 Å². The van der Waals surface area contributed by atoms with E-state index in [1.54, 1.807) is 6.92 Å². The first kappa shape index (κ1) is 12.2. The standard InChI is InChI=1S/C10H17N3O3S/c1-2-17(15,16)6-5-13-10(14)8(11)9(12-13)7-3-4-7/h7,12H,2-6,11H2,1H3. The summed E-state index contributed by atoms with van der Waals surface area (Å²) in [5.74, 6) is 0.410. The molecule has 0 spiro atoms. The maximum atomic E-state index is 11.7. The van der Waals surface area contributed by atoms with E-state index in [9.17, 15) is 13.2 Å². The number of nitrogens with one attached hydrogen (secondary N) is 1. The van der Waals surface area contributed by atoms with Gasteiger partial charge < -0.3 is 5.73 Å². The zero-order valence-corrected chi connectivity index (χ0v) is 10.6. The maximum Gasteiger partial charge on any atom is 0.289 e. The number of nitrogens with zero attached hydrogens (tertiary/aromatic N) is 1. The summed E-state index contributed by atoms with van der Waals surface area (Å²) in [5.41, 5.74) is 6.40. The number of anilines is 1. The van der Waals surface area contributed by atoms with Crippen LogP contribution in [-0.2, 0) is 16.4 Å². The minimum Gasteiger partial charge on any atom is -0.393 e. The zero-order valence-electron chi connectivity index (χ0n) is 9.77. The van der Waals surface area contributed by atoms with E-state index in [0.29, 0.717) is 5.92 Å². The minimum atomic E-state index is -3.06. The van der Waals surface area contributed by atoms with Gasteiger partial charge in [-0.05, 0) is 12.8 Å². The molecule has 7 heteroatoms. The van der Waals surface area contributed by atoms with Crippen molar-refractivity contribution in [2.75, 3.05) is 17.2 Å². The van der Waals surface area contributed by atoms with Crippen LogP contribution in [0.3, 0.4) is 0 Å². The lowest BCUT2D eigenvalue weighted by Gasteiger charge is -2.02. The van der Waals surface area contributed by atoms with Gasteiger partial charge >= 0.3 is 0 Å². The minimum absolute atomic E-state index is 0.0343. The van der Waals surface area contributed by atoms with Crippen LogP contribution in [0.1, 0.15) is 31.4 Å². The Labute approximate surface area is 99.7 Å². The second kappa shape index (κ2) is 4.21. The molecule has 0 atom stereocenters. The van der Waals surface area contributed by atoms with Gasteiger partial charge in [0.05, 0.1) is 18.0 Å². The lowest BCUT2D eigenvalue weighted by atomic mass is 10.3. The number of aromatic nitrogens is 2. The van der Waals surface area contributed by atoms with E-state index in [4.69, 9.17) is 5.73 Å². The van der Waals surface area contributed by atoms with E-state index in [1.165, 1.54) is 4.68 Å². The first-order valence-corrected chi connectivity index (χ1v) is 7.55. The van der Waals surface area contributed by atoms with Gasteiger partial charge in [-0.1, -0.05) is 6.92 Å². The Morgan fingerprint density at radius 1 is 1.47 bits per heavy atom. The lowest BCUT2D eigenvalue weighted by Crippen LogP contribution is -2.23. The summed E-state index contributed by atoms with van der Waals surface area (Å²) >= 11 is 0. The number of aryl methyl sites for hydroxylation is 1. The van der Waals surface area contributed by atoms with Crippen molar-refractivity contribution in [2.45, 2.75) is 32.2 Å². The zero-order chi connectivity index (χ0) is 12.6. The van der Waals surface area contributed by atoms with Crippen LogP contribution in [0.25, 0.3) is 0 Å². The largest absolute Gasteiger partial charge is 0.393 e. The van der Waals surface area contributed by atoms with Gasteiger partial charge in [-0.2, -0.15) is 0 Å². The number of aromatic amines is 1. The van der Waals surface area contributed by atoms with Gasteiger partial charge in [-0.3, -0.25) is 14.6 Å². The highest BCUT2D eigenvalue weighted by Crippen LogP contribution is 2.40. The third-order valence-electron chi connectivity index (χ3n) is 3.07. The van der Waals surface area contributed by atoms with Crippen LogP contribution in [0.4, 0.5) is 5.69 Å². The first-order chi connectivity index (χ1) is 7.94. The molecule has 0 amide bonds. The average molecular weight is 259 g/mol. The number of hydrogen-bond donors (Lipinski definition) is 2. The van der Waals surface area contributed by atoms with Crippen LogP contribution < -0.4 is 11.3 Å². The third-order valence-corrected chi connectivity index (χ3v) is 4.76. The molecule has 0 bridgehead atoms. The average Bonchev–Trinajstić information content (AvgIpc) is 3.08. The van der Waals surface area contributed by atoms with Gasteiger partial charge in [-0.25, -0.2) is 8.42 Å². The number of rotatable bonds is 5. The molecule has 0 aliphatic heterocycles. The number of hydrogen-bond acceptors (Lipinski definition) is 4. The van der Waals surface area contributed by atoms with Gasteiger partial charge in [0.1, 0.15) is 5.69 Å². The fourth-order valence-electron chi connectivity index (χ4n) is 1.73. The molecule has 3 N–H and O–H groups in total. The second-order valence-electron chi connectivity index (χ2n) is 4.41. The SMILES string of the molecule is CCS(=O)(=O)CCn1[nH]c(C2CC2)c(N)c1=O. The van der Waals surface area contributed by atoms with Gasteiger partial charge in [0, 0.05) is 11.7 Å². The number of sulfone groups is 1. The van der Waals surface area contributed by atoms with Crippen molar-refractivity contribution >= 4 is 15.5 Å². The summed E-state index contributed by atoms with van der Waals surface area (Å²) in [7, 11) is -3.06. The molecule has 0 aromatic carbocycles. The molecule has 1 aromatic heterocycles. The number of nitrogen functional groups attached to an aromatic ring is 1. The van der Waals surface area contributed by atoms with Gasteiger partial charge in [0.2, 0.25) is 0 Å². The van der Waals surface area contributed by atoms with Crippen LogP contribution in [0.5, 0.6) is 0 Å². The molecular formula is C10H17N3O3S. The topological polar surface area (TPSA) is 97.9 Å². The molecule has 1 heterocycles. The molecular weight excluding hydrogens is 242 g/mol. The molecule has 6 nitrogen and oxygen atoms in total.